The zero-order chi connectivity index (χ0) is 14.8. The maximum Gasteiger partial charge on any atom is 0.191 e. The molecule has 1 aliphatic rings. The predicted molar refractivity (Wildman–Crippen MR) is 83.9 cm³/mol. The lowest BCUT2D eigenvalue weighted by atomic mass is 9.73. The van der Waals surface area contributed by atoms with Crippen LogP contribution in [0.5, 0.6) is 0 Å². The zero-order valence-corrected chi connectivity index (χ0v) is 12.8. The lowest BCUT2D eigenvalue weighted by molar-refractivity contribution is 0.424. The minimum Gasteiger partial charge on any atom is -0.345 e. The summed E-state index contributed by atoms with van der Waals surface area (Å²) in [6.07, 6.45) is 8.16. The van der Waals surface area contributed by atoms with E-state index in [1.807, 2.05) is 31.2 Å². The van der Waals surface area contributed by atoms with Gasteiger partial charge in [-0.2, -0.15) is 5.26 Å². The fourth-order valence-corrected chi connectivity index (χ4v) is 4.85. The first-order chi connectivity index (χ1) is 9.44. The van der Waals surface area contributed by atoms with E-state index in [4.69, 9.17) is 17.1 Å². The SMILES string of the molecule is CCC1(c2ccc(C#N)cc2)C=CC=CC1P(O)(O)=S. The van der Waals surface area contributed by atoms with Gasteiger partial charge in [0.25, 0.3) is 0 Å². The third kappa shape index (κ3) is 2.63. The van der Waals surface area contributed by atoms with Gasteiger partial charge in [-0.3, -0.25) is 0 Å². The quantitative estimate of drug-likeness (QED) is 0.843. The predicted octanol–water partition coefficient (Wildman–Crippen LogP) is 2.99. The number of rotatable bonds is 3. The average molecular weight is 305 g/mol. The average Bonchev–Trinajstić information content (AvgIpc) is 2.46. The van der Waals surface area contributed by atoms with Crippen LogP contribution in [0.15, 0.2) is 48.6 Å². The van der Waals surface area contributed by atoms with Crippen LogP contribution >= 0.6 is 6.49 Å². The molecule has 20 heavy (non-hydrogen) atoms. The number of hydrogen-bond donors (Lipinski definition) is 2. The molecule has 0 amide bonds. The Morgan fingerprint density at radius 1 is 1.30 bits per heavy atom. The van der Waals surface area contributed by atoms with Crippen molar-refractivity contribution < 1.29 is 9.79 Å². The van der Waals surface area contributed by atoms with Gasteiger partial charge in [-0.05, 0) is 35.9 Å². The van der Waals surface area contributed by atoms with E-state index in [2.05, 4.69) is 6.07 Å². The second-order valence-electron chi connectivity index (χ2n) is 4.86. The van der Waals surface area contributed by atoms with Gasteiger partial charge in [-0.25, -0.2) is 0 Å². The largest absolute Gasteiger partial charge is 0.345 e. The van der Waals surface area contributed by atoms with Gasteiger partial charge in [-0.15, -0.1) is 0 Å². The summed E-state index contributed by atoms with van der Waals surface area (Å²) in [5.41, 5.74) is 0.496. The first kappa shape index (κ1) is 15.2. The van der Waals surface area contributed by atoms with Gasteiger partial charge in [0.05, 0.1) is 17.3 Å². The molecule has 5 heteroatoms. The van der Waals surface area contributed by atoms with E-state index >= 15 is 0 Å². The summed E-state index contributed by atoms with van der Waals surface area (Å²) >= 11 is 4.95. The van der Waals surface area contributed by atoms with E-state index in [9.17, 15) is 9.79 Å². The van der Waals surface area contributed by atoms with E-state index < -0.39 is 17.6 Å². The normalized spacial score (nSPS) is 25.4. The van der Waals surface area contributed by atoms with Gasteiger partial charge in [-0.1, -0.05) is 43.4 Å². The van der Waals surface area contributed by atoms with Gasteiger partial charge in [0, 0.05) is 5.41 Å². The van der Waals surface area contributed by atoms with E-state index in [0.29, 0.717) is 12.0 Å². The van der Waals surface area contributed by atoms with Crippen molar-refractivity contribution >= 4 is 18.3 Å². The first-order valence-corrected chi connectivity index (χ1v) is 9.13. The number of hydrogen-bond acceptors (Lipinski definition) is 2. The van der Waals surface area contributed by atoms with Crippen molar-refractivity contribution in [2.24, 2.45) is 0 Å². The highest BCUT2D eigenvalue weighted by molar-refractivity contribution is 8.09. The molecular weight excluding hydrogens is 289 g/mol. The molecule has 1 aromatic carbocycles. The Kier molecular flexibility index (Phi) is 4.27. The number of allylic oxidation sites excluding steroid dienone is 4. The molecule has 0 radical (unpaired) electrons. The van der Waals surface area contributed by atoms with Crippen LogP contribution in [0.25, 0.3) is 0 Å². The van der Waals surface area contributed by atoms with Crippen LogP contribution in [0.1, 0.15) is 24.5 Å². The highest BCUT2D eigenvalue weighted by Crippen LogP contribution is 2.55. The molecule has 0 fully saturated rings. The molecule has 2 atom stereocenters. The van der Waals surface area contributed by atoms with Crippen molar-refractivity contribution in [2.45, 2.75) is 24.4 Å². The van der Waals surface area contributed by atoms with Crippen molar-refractivity contribution in [3.63, 3.8) is 0 Å². The number of nitriles is 1. The molecule has 0 saturated carbocycles. The first-order valence-electron chi connectivity index (χ1n) is 6.36. The minimum atomic E-state index is -3.43. The summed E-state index contributed by atoms with van der Waals surface area (Å²) in [6, 6.07) is 9.30. The van der Waals surface area contributed by atoms with Crippen LogP contribution in [0.2, 0.25) is 0 Å². The molecule has 2 N–H and O–H groups in total. The van der Waals surface area contributed by atoms with E-state index in [1.165, 1.54) is 0 Å². The molecule has 0 spiro atoms. The molecule has 1 aliphatic carbocycles. The van der Waals surface area contributed by atoms with Gasteiger partial charge in [0.15, 0.2) is 6.49 Å². The summed E-state index contributed by atoms with van der Waals surface area (Å²) in [7, 11) is 0. The Labute approximate surface area is 124 Å². The number of nitrogens with zero attached hydrogens (tertiary/aromatic N) is 1. The molecular formula is C15H16NO2PS. The minimum absolute atomic E-state index is 0.507. The van der Waals surface area contributed by atoms with Crippen molar-refractivity contribution in [1.29, 1.82) is 5.26 Å². The maximum absolute atomic E-state index is 10.0. The van der Waals surface area contributed by atoms with Crippen LogP contribution in [0.4, 0.5) is 0 Å². The Hall–Kier alpha value is -1.24. The van der Waals surface area contributed by atoms with Crippen molar-refractivity contribution in [3.05, 3.63) is 59.7 Å². The molecule has 2 unspecified atom stereocenters. The molecule has 0 saturated heterocycles. The van der Waals surface area contributed by atoms with Gasteiger partial charge in [0.1, 0.15) is 0 Å². The number of benzene rings is 1. The Balaban J connectivity index is 2.56. The van der Waals surface area contributed by atoms with Gasteiger partial charge in [0.2, 0.25) is 0 Å². The summed E-state index contributed by atoms with van der Waals surface area (Å²) < 4.78 is 0. The monoisotopic (exact) mass is 305 g/mol. The molecule has 0 bridgehead atoms. The highest BCUT2D eigenvalue weighted by atomic mass is 32.5. The molecule has 0 aromatic heterocycles. The van der Waals surface area contributed by atoms with Gasteiger partial charge < -0.3 is 9.79 Å². The Morgan fingerprint density at radius 2 is 1.95 bits per heavy atom. The molecule has 2 rings (SSSR count). The summed E-state index contributed by atoms with van der Waals surface area (Å²) in [5, 5.41) is 8.88. The standard InChI is InChI=1S/C15H16NO2PS/c1-2-15(13-8-6-12(11-16)7-9-13)10-4-3-5-14(15)19(17,18)20/h3-10,14H,2H2,1H3,(H2,17,18,20). The van der Waals surface area contributed by atoms with Crippen LogP contribution in [-0.2, 0) is 17.2 Å². The van der Waals surface area contributed by atoms with E-state index in [1.54, 1.807) is 24.3 Å². The lowest BCUT2D eigenvalue weighted by Crippen LogP contribution is -2.37. The Bertz CT molecular complexity index is 639. The van der Waals surface area contributed by atoms with Crippen molar-refractivity contribution in [2.75, 3.05) is 0 Å². The molecule has 1 aromatic rings. The fraction of sp³-hybridized carbons (Fsp3) is 0.267. The van der Waals surface area contributed by atoms with Crippen molar-refractivity contribution in [3.8, 4) is 6.07 Å². The molecule has 3 nitrogen and oxygen atoms in total. The van der Waals surface area contributed by atoms with Crippen LogP contribution < -0.4 is 0 Å². The smallest absolute Gasteiger partial charge is 0.191 e. The van der Waals surface area contributed by atoms with E-state index in [-0.39, 0.29) is 0 Å². The molecule has 0 heterocycles. The topological polar surface area (TPSA) is 64.2 Å². The maximum atomic E-state index is 10.0. The highest BCUT2D eigenvalue weighted by Gasteiger charge is 2.43. The van der Waals surface area contributed by atoms with Crippen LogP contribution in [-0.4, -0.2) is 15.4 Å². The third-order valence-electron chi connectivity index (χ3n) is 3.82. The Morgan fingerprint density at radius 3 is 2.45 bits per heavy atom. The van der Waals surface area contributed by atoms with Crippen molar-refractivity contribution in [1.82, 2.24) is 0 Å². The molecule has 0 aliphatic heterocycles. The summed E-state index contributed by atoms with van der Waals surface area (Å²) in [5.74, 6) is 0. The summed E-state index contributed by atoms with van der Waals surface area (Å²) in [4.78, 5) is 20.0. The zero-order valence-electron chi connectivity index (χ0n) is 11.1. The van der Waals surface area contributed by atoms with Crippen LogP contribution in [0.3, 0.4) is 0 Å². The second kappa shape index (κ2) is 5.63. The lowest BCUT2D eigenvalue weighted by Gasteiger charge is -2.40. The van der Waals surface area contributed by atoms with E-state index in [0.717, 1.165) is 5.56 Å². The summed E-state index contributed by atoms with van der Waals surface area (Å²) in [6.45, 7) is -1.43. The molecule has 104 valence electrons. The van der Waals surface area contributed by atoms with Gasteiger partial charge >= 0.3 is 0 Å². The fourth-order valence-electron chi connectivity index (χ4n) is 2.73. The van der Waals surface area contributed by atoms with Crippen LogP contribution in [0, 0.1) is 11.3 Å². The second-order valence-corrected chi connectivity index (χ2v) is 8.21. The third-order valence-corrected chi connectivity index (χ3v) is 5.86.